The lowest BCUT2D eigenvalue weighted by molar-refractivity contribution is 0.375. The van der Waals surface area contributed by atoms with Crippen LogP contribution in [0.15, 0.2) is 0 Å². The van der Waals surface area contributed by atoms with Crippen LogP contribution in [0.25, 0.3) is 0 Å². The smallest absolute Gasteiger partial charge is 0.216 e. The van der Waals surface area contributed by atoms with Crippen molar-refractivity contribution in [3.63, 3.8) is 0 Å². The molecular formula is C8H20N2O2S. The second-order valence-electron chi connectivity index (χ2n) is 3.79. The Balaban J connectivity index is 0.000000671. The van der Waals surface area contributed by atoms with E-state index in [2.05, 4.69) is 0 Å². The van der Waals surface area contributed by atoms with Crippen LogP contribution in [-0.4, -0.2) is 25.8 Å². The van der Waals surface area contributed by atoms with E-state index in [1.165, 1.54) is 4.31 Å². The molecule has 0 aliphatic carbocycles. The van der Waals surface area contributed by atoms with Crippen molar-refractivity contribution in [3.05, 3.63) is 0 Å². The minimum atomic E-state index is -3.44. The van der Waals surface area contributed by atoms with Crippen molar-refractivity contribution in [2.24, 2.45) is 10.6 Å². The normalized spacial score (nSPS) is 22.2. The molecule has 0 amide bonds. The van der Waals surface area contributed by atoms with Crippen LogP contribution in [0.5, 0.6) is 0 Å². The topological polar surface area (TPSA) is 63.4 Å². The predicted octanol–water partition coefficient (Wildman–Crippen LogP) is 0.948. The molecule has 0 aromatic carbocycles. The largest absolute Gasteiger partial charge is 0.276 e. The highest BCUT2D eigenvalue weighted by Crippen LogP contribution is 2.29. The zero-order valence-corrected chi connectivity index (χ0v) is 9.69. The van der Waals surface area contributed by atoms with Gasteiger partial charge in [0.05, 0.1) is 0 Å². The Kier molecular flexibility index (Phi) is 4.35. The number of hydrogen-bond donors (Lipinski definition) is 1. The van der Waals surface area contributed by atoms with Gasteiger partial charge in [-0.05, 0) is 11.8 Å². The van der Waals surface area contributed by atoms with Crippen molar-refractivity contribution in [2.75, 3.05) is 13.1 Å². The van der Waals surface area contributed by atoms with Crippen LogP contribution in [-0.2, 0) is 10.2 Å². The molecule has 5 heteroatoms. The van der Waals surface area contributed by atoms with Crippen LogP contribution >= 0.6 is 0 Å². The molecule has 1 aliphatic heterocycles. The summed E-state index contributed by atoms with van der Waals surface area (Å²) in [6.45, 7) is 9.19. The van der Waals surface area contributed by atoms with E-state index < -0.39 is 10.2 Å². The molecule has 0 radical (unpaired) electrons. The zero-order valence-electron chi connectivity index (χ0n) is 8.87. The van der Waals surface area contributed by atoms with E-state index in [1.54, 1.807) is 0 Å². The monoisotopic (exact) mass is 208 g/mol. The predicted molar refractivity (Wildman–Crippen MR) is 54.4 cm³/mol. The first-order chi connectivity index (χ1) is 5.81. The van der Waals surface area contributed by atoms with Crippen LogP contribution in [0.2, 0.25) is 0 Å². The minimum Gasteiger partial charge on any atom is -0.216 e. The molecule has 0 spiro atoms. The number of rotatable bonds is 1. The van der Waals surface area contributed by atoms with Gasteiger partial charge in [-0.25, -0.2) is 5.14 Å². The lowest BCUT2D eigenvalue weighted by Gasteiger charge is -2.17. The Bertz CT molecular complexity index is 247. The van der Waals surface area contributed by atoms with Gasteiger partial charge in [-0.15, -0.1) is 0 Å². The molecule has 13 heavy (non-hydrogen) atoms. The van der Waals surface area contributed by atoms with Gasteiger partial charge in [-0.2, -0.15) is 12.7 Å². The molecule has 0 atom stereocenters. The number of nitrogens with zero attached hydrogens (tertiary/aromatic N) is 1. The van der Waals surface area contributed by atoms with Crippen molar-refractivity contribution in [1.82, 2.24) is 4.31 Å². The Labute approximate surface area is 81.3 Å². The van der Waals surface area contributed by atoms with Gasteiger partial charge in [-0.1, -0.05) is 27.7 Å². The molecule has 1 heterocycles. The molecule has 80 valence electrons. The average Bonchev–Trinajstić information content (AvgIpc) is 2.33. The molecule has 0 bridgehead atoms. The molecule has 2 N–H and O–H groups in total. The maximum atomic E-state index is 10.8. The SMILES string of the molecule is CC.CC1(C)CCN(S(N)(=O)=O)C1. The van der Waals surface area contributed by atoms with Crippen molar-refractivity contribution in [1.29, 1.82) is 0 Å². The summed E-state index contributed by atoms with van der Waals surface area (Å²) in [5.41, 5.74) is 0.0897. The molecule has 0 aromatic heterocycles. The Morgan fingerprint density at radius 1 is 1.31 bits per heavy atom. The van der Waals surface area contributed by atoms with Crippen LogP contribution in [0.4, 0.5) is 0 Å². The summed E-state index contributed by atoms with van der Waals surface area (Å²) >= 11 is 0. The van der Waals surface area contributed by atoms with Crippen molar-refractivity contribution in [2.45, 2.75) is 34.1 Å². The van der Waals surface area contributed by atoms with Gasteiger partial charge in [-0.3, -0.25) is 0 Å². The van der Waals surface area contributed by atoms with Crippen LogP contribution < -0.4 is 5.14 Å². The van der Waals surface area contributed by atoms with Crippen LogP contribution in [0.1, 0.15) is 34.1 Å². The van der Waals surface area contributed by atoms with E-state index in [-0.39, 0.29) is 5.41 Å². The summed E-state index contributed by atoms with van der Waals surface area (Å²) in [6, 6.07) is 0. The Morgan fingerprint density at radius 2 is 1.77 bits per heavy atom. The number of nitrogens with two attached hydrogens (primary N) is 1. The summed E-state index contributed by atoms with van der Waals surface area (Å²) in [5, 5.41) is 4.96. The van der Waals surface area contributed by atoms with E-state index in [4.69, 9.17) is 5.14 Å². The van der Waals surface area contributed by atoms with Gasteiger partial charge >= 0.3 is 0 Å². The van der Waals surface area contributed by atoms with Crippen molar-refractivity contribution in [3.8, 4) is 0 Å². The highest BCUT2D eigenvalue weighted by atomic mass is 32.2. The van der Waals surface area contributed by atoms with Gasteiger partial charge in [0.2, 0.25) is 0 Å². The Hall–Kier alpha value is -0.130. The minimum absolute atomic E-state index is 0.0897. The standard InChI is InChI=1S/C6H14N2O2S.C2H6/c1-6(2)3-4-8(5-6)11(7,9)10;1-2/h3-5H2,1-2H3,(H2,7,9,10);1-2H3. The summed E-state index contributed by atoms with van der Waals surface area (Å²) in [4.78, 5) is 0. The van der Waals surface area contributed by atoms with Gasteiger partial charge in [0.1, 0.15) is 0 Å². The molecule has 4 nitrogen and oxygen atoms in total. The third-order valence-electron chi connectivity index (χ3n) is 2.00. The lowest BCUT2D eigenvalue weighted by atomic mass is 9.93. The third-order valence-corrected chi connectivity index (χ3v) is 3.03. The second-order valence-corrected chi connectivity index (χ2v) is 5.34. The zero-order chi connectivity index (χ0) is 10.7. The van der Waals surface area contributed by atoms with E-state index in [0.717, 1.165) is 6.42 Å². The average molecular weight is 208 g/mol. The van der Waals surface area contributed by atoms with Gasteiger partial charge in [0.15, 0.2) is 0 Å². The summed E-state index contributed by atoms with van der Waals surface area (Å²) < 4.78 is 23.0. The quantitative estimate of drug-likeness (QED) is 0.697. The van der Waals surface area contributed by atoms with E-state index in [1.807, 2.05) is 27.7 Å². The fourth-order valence-corrected chi connectivity index (χ4v) is 2.16. The van der Waals surface area contributed by atoms with Gasteiger partial charge < -0.3 is 0 Å². The molecule has 1 fully saturated rings. The molecule has 0 saturated carbocycles. The maximum Gasteiger partial charge on any atom is 0.276 e. The fourth-order valence-electron chi connectivity index (χ4n) is 1.28. The first kappa shape index (κ1) is 12.9. The molecular weight excluding hydrogens is 188 g/mol. The third kappa shape index (κ3) is 4.06. The first-order valence-electron chi connectivity index (χ1n) is 4.59. The molecule has 1 aliphatic rings. The van der Waals surface area contributed by atoms with E-state index >= 15 is 0 Å². The Morgan fingerprint density at radius 3 is 1.92 bits per heavy atom. The molecule has 0 aromatic rings. The van der Waals surface area contributed by atoms with Gasteiger partial charge in [0, 0.05) is 13.1 Å². The molecule has 1 saturated heterocycles. The fraction of sp³-hybridized carbons (Fsp3) is 1.00. The summed E-state index contributed by atoms with van der Waals surface area (Å²) in [6.07, 6.45) is 0.892. The summed E-state index contributed by atoms with van der Waals surface area (Å²) in [7, 11) is -3.44. The van der Waals surface area contributed by atoms with Crippen molar-refractivity contribution >= 4 is 10.2 Å². The van der Waals surface area contributed by atoms with E-state index in [9.17, 15) is 8.42 Å². The van der Waals surface area contributed by atoms with Gasteiger partial charge in [0.25, 0.3) is 10.2 Å². The second kappa shape index (κ2) is 4.39. The van der Waals surface area contributed by atoms with E-state index in [0.29, 0.717) is 13.1 Å². The summed E-state index contributed by atoms with van der Waals surface area (Å²) in [5.74, 6) is 0. The van der Waals surface area contributed by atoms with Crippen LogP contribution in [0, 0.1) is 5.41 Å². The number of hydrogen-bond acceptors (Lipinski definition) is 2. The molecule has 0 unspecified atom stereocenters. The van der Waals surface area contributed by atoms with Crippen molar-refractivity contribution < 1.29 is 8.42 Å². The highest BCUT2D eigenvalue weighted by Gasteiger charge is 2.34. The first-order valence-corrected chi connectivity index (χ1v) is 6.09. The highest BCUT2D eigenvalue weighted by molar-refractivity contribution is 7.86. The van der Waals surface area contributed by atoms with Crippen LogP contribution in [0.3, 0.4) is 0 Å². The maximum absolute atomic E-state index is 10.8. The molecule has 1 rings (SSSR count). The lowest BCUT2D eigenvalue weighted by Crippen LogP contribution is -2.35.